The second-order valence-electron chi connectivity index (χ2n) is 2.66. The maximum absolute atomic E-state index is 10.5. The molecular formula is C9H12N2OS. The van der Waals surface area contributed by atoms with E-state index in [4.69, 9.17) is 5.73 Å². The van der Waals surface area contributed by atoms with E-state index in [0.29, 0.717) is 0 Å². The van der Waals surface area contributed by atoms with Crippen molar-refractivity contribution in [1.29, 1.82) is 0 Å². The second-order valence-corrected chi connectivity index (χ2v) is 3.18. The topological polar surface area (TPSA) is 55.1 Å². The summed E-state index contributed by atoms with van der Waals surface area (Å²) in [7, 11) is 0. The predicted molar refractivity (Wildman–Crippen MR) is 55.4 cm³/mol. The van der Waals surface area contributed by atoms with Gasteiger partial charge in [-0.1, -0.05) is 30.3 Å². The highest BCUT2D eigenvalue weighted by molar-refractivity contribution is 7.80. The molecule has 0 heterocycles. The fourth-order valence-corrected chi connectivity index (χ4v) is 1.21. The minimum atomic E-state index is -0.380. The maximum atomic E-state index is 10.5. The van der Waals surface area contributed by atoms with Crippen LogP contribution in [0.2, 0.25) is 0 Å². The zero-order chi connectivity index (χ0) is 9.68. The number of hydrogen-bond acceptors (Lipinski definition) is 3. The summed E-state index contributed by atoms with van der Waals surface area (Å²) < 4.78 is 0. The summed E-state index contributed by atoms with van der Waals surface area (Å²) in [6, 6.07) is 9.64. The van der Waals surface area contributed by atoms with E-state index in [1.54, 1.807) is 0 Å². The van der Waals surface area contributed by atoms with E-state index < -0.39 is 0 Å². The summed E-state index contributed by atoms with van der Waals surface area (Å²) >= 11 is 4.28. The number of carbonyl (C=O) groups is 1. The smallest absolute Gasteiger partial charge is 0.231 e. The normalized spacial score (nSPS) is 12.4. The van der Waals surface area contributed by atoms with Crippen LogP contribution in [0.15, 0.2) is 30.3 Å². The molecule has 1 aromatic rings. The Hall–Kier alpha value is -1.00. The van der Waals surface area contributed by atoms with Crippen molar-refractivity contribution in [3.05, 3.63) is 35.9 Å². The van der Waals surface area contributed by atoms with Crippen LogP contribution in [0.25, 0.3) is 0 Å². The molecule has 0 fully saturated rings. The van der Waals surface area contributed by atoms with Gasteiger partial charge in [0.25, 0.3) is 0 Å². The molecule has 0 saturated carbocycles. The van der Waals surface area contributed by atoms with Crippen molar-refractivity contribution >= 4 is 18.5 Å². The Bertz CT molecular complexity index is 276. The van der Waals surface area contributed by atoms with E-state index >= 15 is 0 Å². The van der Waals surface area contributed by atoms with Gasteiger partial charge in [-0.2, -0.15) is 12.6 Å². The van der Waals surface area contributed by atoms with Crippen LogP contribution in [0.1, 0.15) is 10.9 Å². The molecule has 0 spiro atoms. The molecule has 3 N–H and O–H groups in total. The van der Waals surface area contributed by atoms with Gasteiger partial charge in [-0.15, -0.1) is 0 Å². The van der Waals surface area contributed by atoms with Crippen molar-refractivity contribution in [2.75, 3.05) is 6.54 Å². The third-order valence-corrected chi connectivity index (χ3v) is 2.07. The van der Waals surface area contributed by atoms with E-state index in [9.17, 15) is 4.79 Å². The second kappa shape index (κ2) is 4.89. The number of primary amides is 1. The molecule has 1 aromatic carbocycles. The summed E-state index contributed by atoms with van der Waals surface area (Å²) in [4.78, 5) is 10.5. The summed E-state index contributed by atoms with van der Waals surface area (Å²) in [6.07, 6.45) is 0. The number of carbonyl (C=O) groups excluding carboxylic acids is 1. The lowest BCUT2D eigenvalue weighted by atomic mass is 10.2. The molecule has 0 radical (unpaired) electrons. The third kappa shape index (κ3) is 3.48. The minimum Gasteiger partial charge on any atom is -0.369 e. The van der Waals surface area contributed by atoms with E-state index in [1.807, 2.05) is 30.3 Å². The Balaban J connectivity index is 2.49. The van der Waals surface area contributed by atoms with E-state index in [-0.39, 0.29) is 17.8 Å². The van der Waals surface area contributed by atoms with Crippen molar-refractivity contribution in [1.82, 2.24) is 5.32 Å². The van der Waals surface area contributed by atoms with Gasteiger partial charge in [0.2, 0.25) is 5.91 Å². The zero-order valence-electron chi connectivity index (χ0n) is 7.10. The van der Waals surface area contributed by atoms with Gasteiger partial charge in [-0.05, 0) is 5.56 Å². The van der Waals surface area contributed by atoms with Crippen LogP contribution in [0.4, 0.5) is 0 Å². The molecule has 0 aliphatic rings. The average molecular weight is 196 g/mol. The van der Waals surface area contributed by atoms with E-state index in [0.717, 1.165) is 5.56 Å². The van der Waals surface area contributed by atoms with Crippen molar-refractivity contribution < 1.29 is 4.79 Å². The number of nitrogens with one attached hydrogen (secondary N) is 1. The standard InChI is InChI=1S/C9H12N2OS/c10-8(12)6-11-9(13)7-4-2-1-3-5-7/h1-5,9,11,13H,6H2,(H2,10,12). The lowest BCUT2D eigenvalue weighted by Crippen LogP contribution is -2.29. The summed E-state index contributed by atoms with van der Waals surface area (Å²) in [5.74, 6) is -0.380. The SMILES string of the molecule is NC(=O)CNC(S)c1ccccc1. The van der Waals surface area contributed by atoms with Gasteiger partial charge in [-0.3, -0.25) is 10.1 Å². The van der Waals surface area contributed by atoms with Crippen LogP contribution in [0.3, 0.4) is 0 Å². The van der Waals surface area contributed by atoms with Crippen LogP contribution in [0.5, 0.6) is 0 Å². The van der Waals surface area contributed by atoms with Crippen molar-refractivity contribution in [3.8, 4) is 0 Å². The monoisotopic (exact) mass is 196 g/mol. The number of benzene rings is 1. The fourth-order valence-electron chi connectivity index (χ4n) is 0.950. The molecule has 1 amide bonds. The van der Waals surface area contributed by atoms with Gasteiger partial charge < -0.3 is 5.73 Å². The van der Waals surface area contributed by atoms with Crippen molar-refractivity contribution in [2.24, 2.45) is 5.73 Å². The van der Waals surface area contributed by atoms with E-state index in [1.165, 1.54) is 0 Å². The number of rotatable bonds is 4. The number of thiol groups is 1. The Labute approximate surface area is 82.7 Å². The van der Waals surface area contributed by atoms with Crippen LogP contribution in [-0.4, -0.2) is 12.5 Å². The third-order valence-electron chi connectivity index (χ3n) is 1.58. The average Bonchev–Trinajstić information content (AvgIpc) is 2.15. The molecule has 70 valence electrons. The Morgan fingerprint density at radius 3 is 2.62 bits per heavy atom. The van der Waals surface area contributed by atoms with Gasteiger partial charge in [0.15, 0.2) is 0 Å². The lowest BCUT2D eigenvalue weighted by molar-refractivity contribution is -0.117. The van der Waals surface area contributed by atoms with Crippen molar-refractivity contribution in [2.45, 2.75) is 5.37 Å². The molecule has 1 atom stereocenters. The van der Waals surface area contributed by atoms with Gasteiger partial charge in [0, 0.05) is 0 Å². The van der Waals surface area contributed by atoms with Gasteiger partial charge in [-0.25, -0.2) is 0 Å². The molecule has 13 heavy (non-hydrogen) atoms. The first-order valence-electron chi connectivity index (χ1n) is 3.95. The van der Waals surface area contributed by atoms with Gasteiger partial charge >= 0.3 is 0 Å². The molecule has 0 aliphatic carbocycles. The Kier molecular flexibility index (Phi) is 3.79. The zero-order valence-corrected chi connectivity index (χ0v) is 8.00. The molecule has 1 rings (SSSR count). The molecular weight excluding hydrogens is 184 g/mol. The number of hydrogen-bond donors (Lipinski definition) is 3. The molecule has 3 nitrogen and oxygen atoms in total. The predicted octanol–water partition coefficient (Wildman–Crippen LogP) is 0.690. The summed E-state index contributed by atoms with van der Waals surface area (Å²) in [6.45, 7) is 0.142. The highest BCUT2D eigenvalue weighted by Crippen LogP contribution is 2.14. The van der Waals surface area contributed by atoms with Crippen LogP contribution in [0, 0.1) is 0 Å². The first-order valence-corrected chi connectivity index (χ1v) is 4.46. The lowest BCUT2D eigenvalue weighted by Gasteiger charge is -2.11. The first kappa shape index (κ1) is 10.1. The summed E-state index contributed by atoms with van der Waals surface area (Å²) in [5, 5.41) is 2.74. The minimum absolute atomic E-state index is 0.142. The van der Waals surface area contributed by atoms with Gasteiger partial charge in [0.1, 0.15) is 0 Å². The van der Waals surface area contributed by atoms with Crippen LogP contribution < -0.4 is 11.1 Å². The highest BCUT2D eigenvalue weighted by Gasteiger charge is 2.04. The van der Waals surface area contributed by atoms with Crippen molar-refractivity contribution in [3.63, 3.8) is 0 Å². The molecule has 0 aliphatic heterocycles. The first-order chi connectivity index (χ1) is 6.20. The Morgan fingerprint density at radius 2 is 2.08 bits per heavy atom. The van der Waals surface area contributed by atoms with Crippen LogP contribution in [-0.2, 0) is 4.79 Å². The fraction of sp³-hybridized carbons (Fsp3) is 0.222. The number of nitrogens with two attached hydrogens (primary N) is 1. The number of amides is 1. The largest absolute Gasteiger partial charge is 0.369 e. The summed E-state index contributed by atoms with van der Waals surface area (Å²) in [5.41, 5.74) is 6.00. The molecule has 0 bridgehead atoms. The molecule has 4 heteroatoms. The van der Waals surface area contributed by atoms with Gasteiger partial charge in [0.05, 0.1) is 11.9 Å². The molecule has 1 unspecified atom stereocenters. The highest BCUT2D eigenvalue weighted by atomic mass is 32.1. The van der Waals surface area contributed by atoms with Crippen LogP contribution >= 0.6 is 12.6 Å². The maximum Gasteiger partial charge on any atom is 0.231 e. The molecule has 0 saturated heterocycles. The Morgan fingerprint density at radius 1 is 1.46 bits per heavy atom. The van der Waals surface area contributed by atoms with E-state index in [2.05, 4.69) is 17.9 Å². The quantitative estimate of drug-likeness (QED) is 0.490. The molecule has 0 aromatic heterocycles.